The van der Waals surface area contributed by atoms with Crippen molar-refractivity contribution in [2.24, 2.45) is 12.8 Å². The number of anilines is 1. The van der Waals surface area contributed by atoms with Crippen molar-refractivity contribution in [1.29, 1.82) is 0 Å². The van der Waals surface area contributed by atoms with Gasteiger partial charge in [0, 0.05) is 44.9 Å². The van der Waals surface area contributed by atoms with Crippen molar-refractivity contribution in [2.75, 3.05) is 11.9 Å². The maximum atomic E-state index is 11.4. The highest BCUT2D eigenvalue weighted by atomic mass is 16.2. The van der Waals surface area contributed by atoms with Gasteiger partial charge < -0.3 is 10.6 Å². The molecule has 1 aliphatic heterocycles. The van der Waals surface area contributed by atoms with Crippen molar-refractivity contribution in [2.45, 2.75) is 19.4 Å². The predicted molar refractivity (Wildman–Crippen MR) is 109 cm³/mol. The van der Waals surface area contributed by atoms with Crippen LogP contribution in [-0.2, 0) is 18.4 Å². The van der Waals surface area contributed by atoms with Crippen molar-refractivity contribution >= 4 is 23.3 Å². The van der Waals surface area contributed by atoms with E-state index in [0.29, 0.717) is 12.1 Å². The van der Waals surface area contributed by atoms with Crippen molar-refractivity contribution in [3.8, 4) is 11.3 Å². The Labute approximate surface area is 171 Å². The molecule has 11 nitrogen and oxygen atoms in total. The lowest BCUT2D eigenvalue weighted by molar-refractivity contribution is -0.118. The molecule has 0 aliphatic carbocycles. The molecule has 11 heteroatoms. The Bertz CT molecular complexity index is 1220. The molecule has 2 amide bonds. The van der Waals surface area contributed by atoms with Crippen LogP contribution in [-0.4, -0.2) is 53.0 Å². The third-order valence-corrected chi connectivity index (χ3v) is 4.75. The second-order valence-electron chi connectivity index (χ2n) is 6.85. The van der Waals surface area contributed by atoms with Gasteiger partial charge >= 0.3 is 0 Å². The largest absolute Gasteiger partial charge is 0.363 e. The maximum Gasteiger partial charge on any atom is 0.288 e. The first-order chi connectivity index (χ1) is 14.4. The molecule has 0 spiro atoms. The Kier molecular flexibility index (Phi) is 5.00. The van der Waals surface area contributed by atoms with Gasteiger partial charge in [-0.2, -0.15) is 10.2 Å². The fraction of sp³-hybridized carbons (Fsp3) is 0.263. The Morgan fingerprint density at radius 3 is 2.73 bits per heavy atom. The van der Waals surface area contributed by atoms with Crippen molar-refractivity contribution in [1.82, 2.24) is 34.2 Å². The van der Waals surface area contributed by atoms with Crippen LogP contribution >= 0.6 is 0 Å². The Hall–Kier alpha value is -4.02. The van der Waals surface area contributed by atoms with E-state index in [1.165, 1.54) is 0 Å². The molecule has 0 radical (unpaired) electrons. The number of amides is 2. The van der Waals surface area contributed by atoms with Crippen LogP contribution in [0.15, 0.2) is 42.9 Å². The summed E-state index contributed by atoms with van der Waals surface area (Å²) >= 11 is 0. The minimum absolute atomic E-state index is 0.00587. The fourth-order valence-electron chi connectivity index (χ4n) is 3.24. The number of pyridine rings is 1. The number of aryl methyl sites for hydroxylation is 2. The lowest BCUT2D eigenvalue weighted by Gasteiger charge is -2.13. The van der Waals surface area contributed by atoms with E-state index in [0.717, 1.165) is 30.0 Å². The molecule has 4 aromatic rings. The van der Waals surface area contributed by atoms with Gasteiger partial charge in [-0.1, -0.05) is 6.07 Å². The number of primary amides is 1. The number of nitrogens with two attached hydrogens (primary N) is 1. The highest BCUT2D eigenvalue weighted by Crippen LogP contribution is 2.19. The minimum atomic E-state index is -0.643. The van der Waals surface area contributed by atoms with Gasteiger partial charge in [0.25, 0.3) is 5.91 Å². The molecule has 0 aromatic carbocycles. The van der Waals surface area contributed by atoms with Crippen LogP contribution in [0.1, 0.15) is 23.5 Å². The number of fused-ring (bicyclic) bond motifs is 2. The molecule has 0 saturated heterocycles. The second-order valence-corrected chi connectivity index (χ2v) is 6.85. The molecule has 0 atom stereocenters. The monoisotopic (exact) mass is 407 g/mol. The number of carbonyl (C=O) groups excluding carboxylic acids is 2. The number of hydrogen-bond acceptors (Lipinski definition) is 6. The Morgan fingerprint density at radius 2 is 2.00 bits per heavy atom. The Morgan fingerprint density at radius 1 is 1.17 bits per heavy atom. The van der Waals surface area contributed by atoms with Crippen LogP contribution < -0.4 is 10.6 Å². The summed E-state index contributed by atoms with van der Waals surface area (Å²) < 4.78 is 5.14. The molecule has 1 aliphatic rings. The molecule has 2 N–H and O–H groups in total. The predicted octanol–water partition coefficient (Wildman–Crippen LogP) is 0.868. The van der Waals surface area contributed by atoms with Gasteiger partial charge in [-0.3, -0.25) is 14.3 Å². The molecule has 4 aromatic heterocycles. The summed E-state index contributed by atoms with van der Waals surface area (Å²) in [5, 5.41) is 12.3. The van der Waals surface area contributed by atoms with Crippen molar-refractivity contribution in [3.05, 3.63) is 48.7 Å². The van der Waals surface area contributed by atoms with E-state index in [2.05, 4.69) is 20.3 Å². The number of nitrogens with zero attached hydrogens (tertiary/aromatic N) is 8. The van der Waals surface area contributed by atoms with E-state index in [9.17, 15) is 9.59 Å². The van der Waals surface area contributed by atoms with Gasteiger partial charge in [0.2, 0.25) is 11.7 Å². The number of carbonyl (C=O) groups is 2. The van der Waals surface area contributed by atoms with Crippen LogP contribution in [0.3, 0.4) is 0 Å². The highest BCUT2D eigenvalue weighted by Gasteiger charge is 2.18. The molecular formula is C19H21N9O2. The number of hydrogen-bond donors (Lipinski definition) is 1. The van der Waals surface area contributed by atoms with E-state index in [4.69, 9.17) is 5.73 Å². The molecule has 0 saturated carbocycles. The summed E-state index contributed by atoms with van der Waals surface area (Å²) in [7, 11) is 3.63. The number of rotatable bonds is 2. The smallest absolute Gasteiger partial charge is 0.288 e. The molecule has 0 unspecified atom stereocenters. The summed E-state index contributed by atoms with van der Waals surface area (Å²) in [5.41, 5.74) is 7.45. The van der Waals surface area contributed by atoms with E-state index in [1.807, 2.05) is 36.1 Å². The first-order valence-corrected chi connectivity index (χ1v) is 9.37. The molecule has 30 heavy (non-hydrogen) atoms. The quantitative estimate of drug-likeness (QED) is 0.525. The van der Waals surface area contributed by atoms with Gasteiger partial charge in [-0.15, -0.1) is 5.10 Å². The molecule has 5 rings (SSSR count). The SMILES string of the molecule is CN1C(=O)CCCn2nccc21.Cn1cc(-c2cccc3nc(C(N)=O)nn23)cn1. The van der Waals surface area contributed by atoms with Gasteiger partial charge in [-0.05, 0) is 18.6 Å². The van der Waals surface area contributed by atoms with E-state index in [-0.39, 0.29) is 11.7 Å². The van der Waals surface area contributed by atoms with Gasteiger partial charge in [0.15, 0.2) is 5.65 Å². The minimum Gasteiger partial charge on any atom is -0.363 e. The molecule has 5 heterocycles. The lowest BCUT2D eigenvalue weighted by Crippen LogP contribution is -2.25. The van der Waals surface area contributed by atoms with Crippen molar-refractivity contribution < 1.29 is 9.59 Å². The molecule has 0 fully saturated rings. The highest BCUT2D eigenvalue weighted by molar-refractivity contribution is 5.92. The summed E-state index contributed by atoms with van der Waals surface area (Å²) in [6.07, 6.45) is 6.82. The van der Waals surface area contributed by atoms with Crippen molar-refractivity contribution in [3.63, 3.8) is 0 Å². The third kappa shape index (κ3) is 3.64. The normalized spacial score (nSPS) is 13.5. The second kappa shape index (κ2) is 7.78. The van der Waals surface area contributed by atoms with Gasteiger partial charge in [0.05, 0.1) is 18.1 Å². The van der Waals surface area contributed by atoms with Crippen LogP contribution in [0.2, 0.25) is 0 Å². The van der Waals surface area contributed by atoms with Crippen LogP contribution in [0.5, 0.6) is 0 Å². The summed E-state index contributed by atoms with van der Waals surface area (Å²) in [6, 6.07) is 7.35. The third-order valence-electron chi connectivity index (χ3n) is 4.75. The zero-order valence-electron chi connectivity index (χ0n) is 16.6. The summed E-state index contributed by atoms with van der Waals surface area (Å²) in [5.74, 6) is 0.439. The van der Waals surface area contributed by atoms with Crippen LogP contribution in [0.4, 0.5) is 5.82 Å². The first kappa shape index (κ1) is 19.3. The Balaban J connectivity index is 0.000000158. The fourth-order valence-corrected chi connectivity index (χ4v) is 3.24. The average Bonchev–Trinajstić information content (AvgIpc) is 3.45. The van der Waals surface area contributed by atoms with Crippen LogP contribution in [0.25, 0.3) is 16.9 Å². The van der Waals surface area contributed by atoms with Crippen LogP contribution in [0, 0.1) is 0 Å². The lowest BCUT2D eigenvalue weighted by atomic mass is 10.2. The topological polar surface area (TPSA) is 129 Å². The van der Waals surface area contributed by atoms with E-state index < -0.39 is 5.91 Å². The summed E-state index contributed by atoms with van der Waals surface area (Å²) in [6.45, 7) is 0.846. The summed E-state index contributed by atoms with van der Waals surface area (Å²) in [4.78, 5) is 28.2. The molecular weight excluding hydrogens is 386 g/mol. The van der Waals surface area contributed by atoms with Gasteiger partial charge in [0.1, 0.15) is 5.82 Å². The zero-order chi connectivity index (χ0) is 21.3. The van der Waals surface area contributed by atoms with E-state index >= 15 is 0 Å². The standard InChI is InChI=1S/C11H10N6O.C8H11N3O/c1-16-6-7(5-13-16)8-3-2-4-9-14-11(10(12)18)15-17(8)9;1-10-7-4-5-9-11(7)6-2-3-8(10)12/h2-6H,1H3,(H2,12,18);4-5H,2-3,6H2,1H3. The first-order valence-electron chi connectivity index (χ1n) is 9.37. The maximum absolute atomic E-state index is 11.4. The number of aromatic nitrogens is 7. The average molecular weight is 407 g/mol. The van der Waals surface area contributed by atoms with E-state index in [1.54, 1.807) is 39.6 Å². The van der Waals surface area contributed by atoms with Gasteiger partial charge in [-0.25, -0.2) is 14.2 Å². The molecule has 0 bridgehead atoms. The zero-order valence-corrected chi connectivity index (χ0v) is 16.6. The molecule has 154 valence electrons.